The zero-order valence-electron chi connectivity index (χ0n) is 12.4. The Hall–Kier alpha value is -1.86. The maximum absolute atomic E-state index is 14.0. The molecule has 0 radical (unpaired) electrons. The molecular formula is C17H21FN2O. The Labute approximate surface area is 125 Å². The van der Waals surface area contributed by atoms with E-state index in [1.165, 1.54) is 6.07 Å². The molecule has 0 bridgehead atoms. The fourth-order valence-corrected chi connectivity index (χ4v) is 2.23. The Morgan fingerprint density at radius 1 is 1.48 bits per heavy atom. The SMILES string of the molecule is CCCCN(C(=O)c1ccc(C#CCN)c(F)c1)C1CC1. The quantitative estimate of drug-likeness (QED) is 0.846. The minimum atomic E-state index is -0.465. The van der Waals surface area contributed by atoms with E-state index in [0.29, 0.717) is 11.6 Å². The van der Waals surface area contributed by atoms with Crippen LogP contribution in [0, 0.1) is 17.7 Å². The zero-order chi connectivity index (χ0) is 15.2. The van der Waals surface area contributed by atoms with Crippen molar-refractivity contribution in [3.05, 3.63) is 35.1 Å². The molecule has 3 nitrogen and oxygen atoms in total. The lowest BCUT2D eigenvalue weighted by Gasteiger charge is -2.22. The second kappa shape index (κ2) is 7.24. The molecule has 4 heteroatoms. The maximum Gasteiger partial charge on any atom is 0.254 e. The summed E-state index contributed by atoms with van der Waals surface area (Å²) in [6.45, 7) is 3.03. The minimum Gasteiger partial charge on any atom is -0.336 e. The summed E-state index contributed by atoms with van der Waals surface area (Å²) in [4.78, 5) is 14.4. The molecule has 0 spiro atoms. The van der Waals surface area contributed by atoms with Crippen LogP contribution in [0.4, 0.5) is 4.39 Å². The second-order valence-corrected chi connectivity index (χ2v) is 5.28. The number of unbranched alkanes of at least 4 members (excludes halogenated alkanes) is 1. The van der Waals surface area contributed by atoms with E-state index < -0.39 is 5.82 Å². The summed E-state index contributed by atoms with van der Waals surface area (Å²) in [5, 5.41) is 0. The van der Waals surface area contributed by atoms with Crippen LogP contribution in [0.3, 0.4) is 0 Å². The van der Waals surface area contributed by atoms with Gasteiger partial charge in [-0.1, -0.05) is 25.2 Å². The van der Waals surface area contributed by atoms with Crippen LogP contribution in [-0.2, 0) is 0 Å². The van der Waals surface area contributed by atoms with Gasteiger partial charge in [-0.05, 0) is 37.5 Å². The highest BCUT2D eigenvalue weighted by atomic mass is 19.1. The third-order valence-electron chi connectivity index (χ3n) is 3.54. The number of hydrogen-bond acceptors (Lipinski definition) is 2. The predicted octanol–water partition coefficient (Wildman–Crippen LogP) is 2.54. The molecule has 112 valence electrons. The van der Waals surface area contributed by atoms with Crippen molar-refractivity contribution >= 4 is 5.91 Å². The molecule has 1 aromatic carbocycles. The van der Waals surface area contributed by atoms with E-state index in [1.807, 2.05) is 4.90 Å². The highest BCUT2D eigenvalue weighted by Gasteiger charge is 2.32. The van der Waals surface area contributed by atoms with Gasteiger partial charge in [0.05, 0.1) is 12.1 Å². The lowest BCUT2D eigenvalue weighted by Crippen LogP contribution is -2.34. The third-order valence-corrected chi connectivity index (χ3v) is 3.54. The van der Waals surface area contributed by atoms with Gasteiger partial charge in [-0.2, -0.15) is 0 Å². The van der Waals surface area contributed by atoms with E-state index in [4.69, 9.17) is 5.73 Å². The van der Waals surface area contributed by atoms with Gasteiger partial charge in [-0.3, -0.25) is 4.79 Å². The van der Waals surface area contributed by atoms with Gasteiger partial charge in [0.25, 0.3) is 5.91 Å². The zero-order valence-corrected chi connectivity index (χ0v) is 12.4. The van der Waals surface area contributed by atoms with Crippen molar-refractivity contribution in [2.45, 2.75) is 38.6 Å². The number of amides is 1. The fraction of sp³-hybridized carbons (Fsp3) is 0.471. The van der Waals surface area contributed by atoms with Gasteiger partial charge < -0.3 is 10.6 Å². The second-order valence-electron chi connectivity index (χ2n) is 5.28. The van der Waals surface area contributed by atoms with E-state index in [9.17, 15) is 9.18 Å². The number of nitrogens with two attached hydrogens (primary N) is 1. The highest BCUT2D eigenvalue weighted by Crippen LogP contribution is 2.28. The molecule has 0 aliphatic heterocycles. The maximum atomic E-state index is 14.0. The van der Waals surface area contributed by atoms with Crippen LogP contribution in [0.15, 0.2) is 18.2 Å². The van der Waals surface area contributed by atoms with Crippen LogP contribution >= 0.6 is 0 Å². The van der Waals surface area contributed by atoms with Crippen LogP contribution in [0.2, 0.25) is 0 Å². The summed E-state index contributed by atoms with van der Waals surface area (Å²) < 4.78 is 14.0. The van der Waals surface area contributed by atoms with Crippen molar-refractivity contribution in [1.82, 2.24) is 4.90 Å². The van der Waals surface area contributed by atoms with E-state index in [-0.39, 0.29) is 18.0 Å². The third kappa shape index (κ3) is 4.05. The number of carbonyl (C=O) groups is 1. The largest absolute Gasteiger partial charge is 0.336 e. The molecule has 0 aromatic heterocycles. The first-order valence-electron chi connectivity index (χ1n) is 7.46. The number of carbonyl (C=O) groups excluding carboxylic acids is 1. The van der Waals surface area contributed by atoms with Gasteiger partial charge in [0.2, 0.25) is 0 Å². The standard InChI is InChI=1S/C17H21FN2O/c1-2-3-11-20(15-8-9-15)17(21)14-7-6-13(5-4-10-19)16(18)12-14/h6-7,12,15H,2-3,8-11,19H2,1H3. The smallest absolute Gasteiger partial charge is 0.254 e. The van der Waals surface area contributed by atoms with Crippen LogP contribution < -0.4 is 5.73 Å². The first kappa shape index (κ1) is 15.5. The number of rotatable bonds is 5. The molecule has 21 heavy (non-hydrogen) atoms. The molecule has 0 unspecified atom stereocenters. The van der Waals surface area contributed by atoms with Gasteiger partial charge in [-0.25, -0.2) is 4.39 Å². The van der Waals surface area contributed by atoms with Gasteiger partial charge in [-0.15, -0.1) is 0 Å². The van der Waals surface area contributed by atoms with Crippen molar-refractivity contribution < 1.29 is 9.18 Å². The summed E-state index contributed by atoms with van der Waals surface area (Å²) in [7, 11) is 0. The van der Waals surface area contributed by atoms with Crippen molar-refractivity contribution in [2.75, 3.05) is 13.1 Å². The molecular weight excluding hydrogens is 267 g/mol. The molecule has 0 atom stereocenters. The normalized spacial score (nSPS) is 13.5. The lowest BCUT2D eigenvalue weighted by molar-refractivity contribution is 0.0740. The number of nitrogens with zero attached hydrogens (tertiary/aromatic N) is 1. The van der Waals surface area contributed by atoms with E-state index in [2.05, 4.69) is 18.8 Å². The molecule has 0 heterocycles. The summed E-state index contributed by atoms with van der Waals surface area (Å²) in [6.07, 6.45) is 4.12. The lowest BCUT2D eigenvalue weighted by atomic mass is 10.1. The Kier molecular flexibility index (Phi) is 5.35. The minimum absolute atomic E-state index is 0.0804. The molecule has 1 saturated carbocycles. The molecule has 1 aliphatic rings. The molecule has 0 saturated heterocycles. The van der Waals surface area contributed by atoms with Crippen LogP contribution in [0.1, 0.15) is 48.5 Å². The van der Waals surface area contributed by atoms with E-state index in [0.717, 1.165) is 32.2 Å². The highest BCUT2D eigenvalue weighted by molar-refractivity contribution is 5.94. The summed E-state index contributed by atoms with van der Waals surface area (Å²) in [5.74, 6) is 4.73. The van der Waals surface area contributed by atoms with Gasteiger partial charge in [0.1, 0.15) is 5.82 Å². The van der Waals surface area contributed by atoms with Crippen molar-refractivity contribution in [3.8, 4) is 11.8 Å². The Morgan fingerprint density at radius 2 is 2.24 bits per heavy atom. The summed E-state index contributed by atoms with van der Waals surface area (Å²) in [6, 6.07) is 4.82. The van der Waals surface area contributed by atoms with E-state index in [1.54, 1.807) is 12.1 Å². The van der Waals surface area contributed by atoms with Crippen molar-refractivity contribution in [3.63, 3.8) is 0 Å². The average molecular weight is 288 g/mol. The number of hydrogen-bond donors (Lipinski definition) is 1. The molecule has 1 fully saturated rings. The van der Waals surface area contributed by atoms with Crippen LogP contribution in [-0.4, -0.2) is 29.9 Å². The molecule has 2 N–H and O–H groups in total. The summed E-state index contributed by atoms with van der Waals surface area (Å²) in [5.41, 5.74) is 5.95. The fourth-order valence-electron chi connectivity index (χ4n) is 2.23. The van der Waals surface area contributed by atoms with Crippen molar-refractivity contribution in [1.29, 1.82) is 0 Å². The van der Waals surface area contributed by atoms with E-state index >= 15 is 0 Å². The molecule has 1 aromatic rings. The van der Waals surface area contributed by atoms with Gasteiger partial charge in [0.15, 0.2) is 0 Å². The molecule has 1 amide bonds. The van der Waals surface area contributed by atoms with Gasteiger partial charge in [0, 0.05) is 18.2 Å². The Bertz CT molecular complexity index is 570. The van der Waals surface area contributed by atoms with Crippen molar-refractivity contribution in [2.24, 2.45) is 5.73 Å². The van der Waals surface area contributed by atoms with Crippen LogP contribution in [0.25, 0.3) is 0 Å². The Morgan fingerprint density at radius 3 is 2.81 bits per heavy atom. The predicted molar refractivity (Wildman–Crippen MR) is 81.3 cm³/mol. The first-order chi connectivity index (χ1) is 10.2. The monoisotopic (exact) mass is 288 g/mol. The number of halogens is 1. The average Bonchev–Trinajstić information content (AvgIpc) is 3.31. The van der Waals surface area contributed by atoms with Gasteiger partial charge >= 0.3 is 0 Å². The Balaban J connectivity index is 2.16. The topological polar surface area (TPSA) is 46.3 Å². The molecule has 2 rings (SSSR count). The summed E-state index contributed by atoms with van der Waals surface area (Å²) >= 11 is 0. The number of benzene rings is 1. The molecule has 1 aliphatic carbocycles. The first-order valence-corrected chi connectivity index (χ1v) is 7.46. The van der Waals surface area contributed by atoms with Crippen LogP contribution in [0.5, 0.6) is 0 Å².